The third-order valence-electron chi connectivity index (χ3n) is 5.49. The van der Waals surface area contributed by atoms with Crippen molar-refractivity contribution in [3.63, 3.8) is 0 Å². The lowest BCUT2D eigenvalue weighted by atomic mass is 9.99. The lowest BCUT2D eigenvalue weighted by Gasteiger charge is -2.34. The van der Waals surface area contributed by atoms with E-state index in [1.54, 1.807) is 12.1 Å². The standard InChI is InChI=1S/C23H26N2O5.C2HF3O2/c1-16(17-7-9-18(10-8-17)23(28)29)24-22(27)21-15-19(26)11-12-25(21)13-14-30-20-5-3-2-4-6-20;3-2(4,5)1(6)7/h2-10,16,21H,11-15H2,1H3,(H,24,27)(H,28,29);(H,6,7)/t16-,21+;/m0./s1. The van der Waals surface area contributed by atoms with Gasteiger partial charge in [-0.15, -0.1) is 0 Å². The zero-order valence-corrected chi connectivity index (χ0v) is 19.9. The molecule has 0 aromatic heterocycles. The van der Waals surface area contributed by atoms with Crippen molar-refractivity contribution < 1.29 is 47.3 Å². The highest BCUT2D eigenvalue weighted by Crippen LogP contribution is 2.19. The van der Waals surface area contributed by atoms with Gasteiger partial charge in [0.25, 0.3) is 0 Å². The number of hydrogen-bond acceptors (Lipinski definition) is 6. The van der Waals surface area contributed by atoms with Crippen LogP contribution in [0.4, 0.5) is 13.2 Å². The molecular weight excluding hydrogens is 497 g/mol. The number of alkyl halides is 3. The van der Waals surface area contributed by atoms with E-state index < -0.39 is 24.2 Å². The summed E-state index contributed by atoms with van der Waals surface area (Å²) in [6, 6.07) is 15.0. The average molecular weight is 524 g/mol. The van der Waals surface area contributed by atoms with Crippen LogP contribution in [-0.2, 0) is 14.4 Å². The van der Waals surface area contributed by atoms with Crippen molar-refractivity contribution in [1.82, 2.24) is 10.2 Å². The number of aliphatic carboxylic acids is 1. The number of ether oxygens (including phenoxy) is 1. The predicted molar refractivity (Wildman–Crippen MR) is 125 cm³/mol. The molecule has 1 aliphatic heterocycles. The number of nitrogens with zero attached hydrogens (tertiary/aromatic N) is 1. The maximum absolute atomic E-state index is 12.9. The minimum Gasteiger partial charge on any atom is -0.492 e. The number of carbonyl (C=O) groups is 4. The lowest BCUT2D eigenvalue weighted by molar-refractivity contribution is -0.192. The average Bonchev–Trinajstić information content (AvgIpc) is 2.85. The molecule has 0 radical (unpaired) electrons. The molecule has 1 fully saturated rings. The number of piperidine rings is 1. The summed E-state index contributed by atoms with van der Waals surface area (Å²) in [4.78, 5) is 46.8. The Balaban J connectivity index is 0.000000604. The first-order chi connectivity index (χ1) is 17.4. The maximum atomic E-state index is 12.9. The molecule has 1 amide bonds. The molecular formula is C25H27F3N2O7. The molecule has 3 N–H and O–H groups in total. The number of carbonyl (C=O) groups excluding carboxylic acids is 2. The third-order valence-corrected chi connectivity index (χ3v) is 5.49. The summed E-state index contributed by atoms with van der Waals surface area (Å²) in [6.45, 7) is 3.33. The summed E-state index contributed by atoms with van der Waals surface area (Å²) >= 11 is 0. The smallest absolute Gasteiger partial charge is 0.490 e. The molecule has 1 heterocycles. The molecule has 9 nitrogen and oxygen atoms in total. The number of aromatic carboxylic acids is 1. The van der Waals surface area contributed by atoms with E-state index >= 15 is 0 Å². The number of likely N-dealkylation sites (tertiary alicyclic amines) is 1. The number of rotatable bonds is 8. The molecule has 1 aliphatic rings. The van der Waals surface area contributed by atoms with Gasteiger partial charge in [0, 0.05) is 25.9 Å². The largest absolute Gasteiger partial charge is 0.492 e. The van der Waals surface area contributed by atoms with Crippen LogP contribution < -0.4 is 10.1 Å². The number of hydrogen-bond donors (Lipinski definition) is 3. The molecule has 0 bridgehead atoms. The Bertz CT molecular complexity index is 1080. The third kappa shape index (κ3) is 9.56. The second-order valence-corrected chi connectivity index (χ2v) is 8.17. The molecule has 0 aliphatic carbocycles. The normalized spacial score (nSPS) is 16.6. The van der Waals surface area contributed by atoms with E-state index in [0.717, 1.165) is 11.3 Å². The van der Waals surface area contributed by atoms with Crippen LogP contribution in [0.5, 0.6) is 5.75 Å². The number of Topliss-reactive ketones (excluding diaryl/α,β-unsaturated/α-hetero) is 1. The summed E-state index contributed by atoms with van der Waals surface area (Å²) in [6.07, 6.45) is -4.47. The van der Waals surface area contributed by atoms with Crippen molar-refractivity contribution in [3.8, 4) is 5.75 Å². The number of para-hydroxylation sites is 1. The van der Waals surface area contributed by atoms with E-state index in [-0.39, 0.29) is 29.7 Å². The van der Waals surface area contributed by atoms with Crippen molar-refractivity contribution in [2.75, 3.05) is 19.7 Å². The fraction of sp³-hybridized carbons (Fsp3) is 0.360. The Hall–Kier alpha value is -3.93. The monoisotopic (exact) mass is 524 g/mol. The van der Waals surface area contributed by atoms with Gasteiger partial charge >= 0.3 is 18.1 Å². The number of benzene rings is 2. The van der Waals surface area contributed by atoms with Crippen molar-refractivity contribution >= 4 is 23.6 Å². The van der Waals surface area contributed by atoms with Crippen LogP contribution in [0, 0.1) is 0 Å². The quantitative estimate of drug-likeness (QED) is 0.479. The molecule has 200 valence electrons. The zero-order chi connectivity index (χ0) is 27.6. The number of halogens is 3. The molecule has 2 aromatic carbocycles. The Morgan fingerprint density at radius 2 is 1.68 bits per heavy atom. The lowest BCUT2D eigenvalue weighted by Crippen LogP contribution is -2.53. The van der Waals surface area contributed by atoms with Crippen molar-refractivity contribution in [2.24, 2.45) is 0 Å². The summed E-state index contributed by atoms with van der Waals surface area (Å²) in [5.41, 5.74) is 0.995. The summed E-state index contributed by atoms with van der Waals surface area (Å²) in [7, 11) is 0. The summed E-state index contributed by atoms with van der Waals surface area (Å²) in [5.74, 6) is -3.11. The van der Waals surface area contributed by atoms with E-state index in [2.05, 4.69) is 5.32 Å². The second kappa shape index (κ2) is 13.4. The molecule has 2 atom stereocenters. The number of nitrogens with one attached hydrogen (secondary N) is 1. The van der Waals surface area contributed by atoms with E-state index in [4.69, 9.17) is 19.7 Å². The van der Waals surface area contributed by atoms with Crippen LogP contribution in [-0.4, -0.2) is 70.7 Å². The van der Waals surface area contributed by atoms with Crippen LogP contribution in [0.1, 0.15) is 41.7 Å². The van der Waals surface area contributed by atoms with E-state index in [1.807, 2.05) is 42.2 Å². The minimum absolute atomic E-state index is 0.0776. The van der Waals surface area contributed by atoms with Gasteiger partial charge in [-0.2, -0.15) is 13.2 Å². The first-order valence-electron chi connectivity index (χ1n) is 11.3. The number of amides is 1. The zero-order valence-electron chi connectivity index (χ0n) is 19.9. The minimum atomic E-state index is -5.08. The Kier molecular flexibility index (Phi) is 10.6. The highest BCUT2D eigenvalue weighted by molar-refractivity contribution is 5.90. The summed E-state index contributed by atoms with van der Waals surface area (Å²) in [5, 5.41) is 19.1. The fourth-order valence-corrected chi connectivity index (χ4v) is 3.50. The summed E-state index contributed by atoms with van der Waals surface area (Å²) < 4.78 is 37.5. The molecule has 1 saturated heterocycles. The fourth-order valence-electron chi connectivity index (χ4n) is 3.50. The van der Waals surface area contributed by atoms with Crippen molar-refractivity contribution in [2.45, 2.75) is 38.0 Å². The highest BCUT2D eigenvalue weighted by atomic mass is 19.4. The Morgan fingerprint density at radius 3 is 2.22 bits per heavy atom. The van der Waals surface area contributed by atoms with Crippen LogP contribution in [0.15, 0.2) is 54.6 Å². The molecule has 37 heavy (non-hydrogen) atoms. The first kappa shape index (κ1) is 29.3. The Morgan fingerprint density at radius 1 is 1.08 bits per heavy atom. The maximum Gasteiger partial charge on any atom is 0.490 e. The SMILES string of the molecule is C[C@H](NC(=O)[C@H]1CC(=O)CCN1CCOc1ccccc1)c1ccc(C(=O)O)cc1.O=C(O)C(F)(F)F. The van der Waals surface area contributed by atoms with Crippen molar-refractivity contribution in [1.29, 1.82) is 0 Å². The van der Waals surface area contributed by atoms with E-state index in [1.165, 1.54) is 12.1 Å². The van der Waals surface area contributed by atoms with Gasteiger partial charge in [0.15, 0.2) is 0 Å². The number of ketones is 1. The van der Waals surface area contributed by atoms with Gasteiger partial charge in [0.1, 0.15) is 18.1 Å². The van der Waals surface area contributed by atoms with Gasteiger partial charge in [-0.25, -0.2) is 9.59 Å². The second-order valence-electron chi connectivity index (χ2n) is 8.17. The topological polar surface area (TPSA) is 133 Å². The molecule has 0 unspecified atom stereocenters. The van der Waals surface area contributed by atoms with Crippen LogP contribution in [0.2, 0.25) is 0 Å². The molecule has 12 heteroatoms. The van der Waals surface area contributed by atoms with E-state index in [9.17, 15) is 27.6 Å². The van der Waals surface area contributed by atoms with Gasteiger partial charge in [-0.05, 0) is 36.8 Å². The number of carboxylic acids is 2. The van der Waals surface area contributed by atoms with Gasteiger partial charge < -0.3 is 20.3 Å². The molecule has 0 saturated carbocycles. The van der Waals surface area contributed by atoms with Gasteiger partial charge in [-0.1, -0.05) is 30.3 Å². The molecule has 3 rings (SSSR count). The Labute approximate surface area is 210 Å². The van der Waals surface area contributed by atoms with E-state index in [0.29, 0.717) is 26.1 Å². The first-order valence-corrected chi connectivity index (χ1v) is 11.3. The molecule has 2 aromatic rings. The van der Waals surface area contributed by atoms with Crippen molar-refractivity contribution in [3.05, 3.63) is 65.7 Å². The number of carboxylic acid groups (broad SMARTS) is 2. The van der Waals surface area contributed by atoms with Crippen LogP contribution in [0.25, 0.3) is 0 Å². The van der Waals surface area contributed by atoms with Gasteiger partial charge in [0.2, 0.25) is 5.91 Å². The van der Waals surface area contributed by atoms with Crippen LogP contribution in [0.3, 0.4) is 0 Å². The van der Waals surface area contributed by atoms with Gasteiger partial charge in [0.05, 0.1) is 17.6 Å². The molecule has 0 spiro atoms. The van der Waals surface area contributed by atoms with Gasteiger partial charge in [-0.3, -0.25) is 14.5 Å². The van der Waals surface area contributed by atoms with Crippen LogP contribution >= 0.6 is 0 Å². The predicted octanol–water partition coefficient (Wildman–Crippen LogP) is 3.31. The highest BCUT2D eigenvalue weighted by Gasteiger charge is 2.38.